The van der Waals surface area contributed by atoms with Crippen molar-refractivity contribution in [3.63, 3.8) is 0 Å². The molecule has 4 aliphatic heterocycles. The number of piperidine rings is 3. The number of hydrogen-bond acceptors (Lipinski definition) is 5. The molecule has 4 heterocycles. The Bertz CT molecular complexity index is 904. The van der Waals surface area contributed by atoms with E-state index in [4.69, 9.17) is 9.47 Å². The van der Waals surface area contributed by atoms with E-state index < -0.39 is 0 Å². The van der Waals surface area contributed by atoms with Crippen molar-refractivity contribution in [2.24, 2.45) is 11.8 Å². The van der Waals surface area contributed by atoms with Gasteiger partial charge in [0.1, 0.15) is 0 Å². The first-order valence-corrected chi connectivity index (χ1v) is 10.9. The van der Waals surface area contributed by atoms with E-state index in [2.05, 4.69) is 52.5 Å². The predicted molar refractivity (Wildman–Crippen MR) is 116 cm³/mol. The van der Waals surface area contributed by atoms with Gasteiger partial charge in [0.25, 0.3) is 5.91 Å². The first-order valence-electron chi connectivity index (χ1n) is 10.9. The minimum Gasteiger partial charge on any atom is -0.454 e. The van der Waals surface area contributed by atoms with E-state index in [0.717, 1.165) is 32.0 Å². The average molecular weight is 408 g/mol. The van der Waals surface area contributed by atoms with Crippen molar-refractivity contribution in [2.75, 3.05) is 44.9 Å². The Morgan fingerprint density at radius 2 is 2.00 bits per heavy atom. The monoisotopic (exact) mass is 407 g/mol. The summed E-state index contributed by atoms with van der Waals surface area (Å²) in [7, 11) is 2.19. The molecule has 0 aliphatic carbocycles. The summed E-state index contributed by atoms with van der Waals surface area (Å²) in [6.07, 6.45) is 2.43. The third kappa shape index (κ3) is 3.84. The summed E-state index contributed by atoms with van der Waals surface area (Å²) >= 11 is 0. The maximum absolute atomic E-state index is 12.6. The maximum atomic E-state index is 12.6. The van der Waals surface area contributed by atoms with E-state index in [1.165, 1.54) is 12.1 Å². The summed E-state index contributed by atoms with van der Waals surface area (Å²) in [6.45, 7) is 4.26. The average Bonchev–Trinajstić information content (AvgIpc) is 3.26. The summed E-state index contributed by atoms with van der Waals surface area (Å²) in [5.41, 5.74) is 1.90. The van der Waals surface area contributed by atoms with Gasteiger partial charge in [0.15, 0.2) is 11.5 Å². The Kier molecular flexibility index (Phi) is 5.25. The largest absolute Gasteiger partial charge is 0.454 e. The fourth-order valence-electron chi connectivity index (χ4n) is 5.16. The molecule has 4 atom stereocenters. The molecule has 1 amide bonds. The summed E-state index contributed by atoms with van der Waals surface area (Å²) in [5.74, 6) is 2.72. The quantitative estimate of drug-likeness (QED) is 0.798. The van der Waals surface area contributed by atoms with Gasteiger partial charge < -0.3 is 19.7 Å². The van der Waals surface area contributed by atoms with Gasteiger partial charge >= 0.3 is 0 Å². The lowest BCUT2D eigenvalue weighted by Gasteiger charge is -2.50. The highest BCUT2D eigenvalue weighted by atomic mass is 16.7. The van der Waals surface area contributed by atoms with Crippen molar-refractivity contribution < 1.29 is 14.3 Å². The van der Waals surface area contributed by atoms with Gasteiger partial charge in [0.05, 0.1) is 0 Å². The fraction of sp³-hybridized carbons (Fsp3) is 0.458. The number of para-hydroxylation sites is 1. The van der Waals surface area contributed by atoms with Crippen LogP contribution in [0.1, 0.15) is 23.2 Å². The lowest BCUT2D eigenvalue weighted by atomic mass is 9.75. The van der Waals surface area contributed by atoms with E-state index in [0.29, 0.717) is 35.6 Å². The molecule has 3 fully saturated rings. The van der Waals surface area contributed by atoms with Gasteiger partial charge in [-0.2, -0.15) is 0 Å². The molecule has 6 nitrogen and oxygen atoms in total. The van der Waals surface area contributed by atoms with Crippen molar-refractivity contribution >= 4 is 11.6 Å². The van der Waals surface area contributed by atoms with E-state index in [9.17, 15) is 4.79 Å². The molecule has 30 heavy (non-hydrogen) atoms. The number of benzene rings is 2. The van der Waals surface area contributed by atoms with Crippen molar-refractivity contribution in [2.45, 2.75) is 18.9 Å². The Balaban J connectivity index is 1.15. The molecule has 6 rings (SSSR count). The third-order valence-corrected chi connectivity index (χ3v) is 6.85. The van der Waals surface area contributed by atoms with Crippen molar-refractivity contribution in [1.82, 2.24) is 10.2 Å². The maximum Gasteiger partial charge on any atom is 0.251 e. The Morgan fingerprint density at radius 3 is 2.80 bits per heavy atom. The second-order valence-electron chi connectivity index (χ2n) is 8.69. The number of nitrogens with one attached hydrogen (secondary N) is 1. The van der Waals surface area contributed by atoms with E-state index in [1.54, 1.807) is 18.2 Å². The molecule has 0 spiro atoms. The molecule has 1 N–H and O–H groups in total. The number of carbonyl (C=O) groups is 1. The SMILES string of the molecule is CN(C[C@H]1C[N@]2CC[C@H]1C[C@@H]2CNC(=O)c1ccc2c(c1)OCO2)c1ccccc1. The number of anilines is 1. The summed E-state index contributed by atoms with van der Waals surface area (Å²) in [4.78, 5) is 17.6. The molecule has 0 aromatic heterocycles. The number of nitrogens with zero attached hydrogens (tertiary/aromatic N) is 2. The lowest BCUT2D eigenvalue weighted by molar-refractivity contribution is 0.00517. The van der Waals surface area contributed by atoms with Crippen molar-refractivity contribution in [3.8, 4) is 11.5 Å². The Morgan fingerprint density at radius 1 is 1.17 bits per heavy atom. The van der Waals surface area contributed by atoms with Crippen molar-refractivity contribution in [3.05, 3.63) is 54.1 Å². The molecule has 2 aromatic rings. The molecular formula is C24H29N3O3. The number of rotatable bonds is 6. The van der Waals surface area contributed by atoms with Crippen LogP contribution in [0.15, 0.2) is 48.5 Å². The van der Waals surface area contributed by atoms with Crippen LogP contribution in [0.5, 0.6) is 11.5 Å². The first kappa shape index (κ1) is 19.2. The summed E-state index contributed by atoms with van der Waals surface area (Å²) in [6, 6.07) is 16.4. The predicted octanol–water partition coefficient (Wildman–Crippen LogP) is 2.99. The van der Waals surface area contributed by atoms with Crippen LogP contribution in [0.25, 0.3) is 0 Å². The number of carbonyl (C=O) groups excluding carboxylic acids is 1. The van der Waals surface area contributed by atoms with Gasteiger partial charge in [-0.25, -0.2) is 0 Å². The standard InChI is InChI=1S/C24H29N3O3/c1-26(20-5-3-2-4-6-20)14-19-15-27-10-9-17(19)11-21(27)13-25-24(28)18-7-8-22-23(12-18)30-16-29-22/h2-8,12,17,19,21H,9-11,13-16H2,1H3,(H,25,28)/t17-,19-,21+/m0/s1. The van der Waals surface area contributed by atoms with Crippen LogP contribution in [0.4, 0.5) is 5.69 Å². The van der Waals surface area contributed by atoms with Crippen LogP contribution in [-0.2, 0) is 0 Å². The topological polar surface area (TPSA) is 54.0 Å². The van der Waals surface area contributed by atoms with Gasteiger partial charge in [-0.1, -0.05) is 18.2 Å². The van der Waals surface area contributed by atoms with Crippen LogP contribution >= 0.6 is 0 Å². The van der Waals surface area contributed by atoms with Gasteiger partial charge in [0, 0.05) is 44.0 Å². The zero-order valence-electron chi connectivity index (χ0n) is 17.4. The lowest BCUT2D eigenvalue weighted by Crippen LogP contribution is -2.58. The highest BCUT2D eigenvalue weighted by Gasteiger charge is 2.40. The third-order valence-electron chi connectivity index (χ3n) is 6.85. The van der Waals surface area contributed by atoms with Crippen LogP contribution in [0.2, 0.25) is 0 Å². The molecule has 2 aromatic carbocycles. The zero-order chi connectivity index (χ0) is 20.5. The summed E-state index contributed by atoms with van der Waals surface area (Å²) in [5, 5.41) is 3.14. The second kappa shape index (κ2) is 8.19. The highest BCUT2D eigenvalue weighted by Crippen LogP contribution is 2.37. The molecule has 0 saturated carbocycles. The van der Waals surface area contributed by atoms with Crippen molar-refractivity contribution in [1.29, 1.82) is 0 Å². The second-order valence-corrected chi connectivity index (χ2v) is 8.69. The van der Waals surface area contributed by atoms with Crippen LogP contribution in [-0.4, -0.2) is 56.9 Å². The smallest absolute Gasteiger partial charge is 0.251 e. The first-order chi connectivity index (χ1) is 14.7. The van der Waals surface area contributed by atoms with Gasteiger partial charge in [-0.15, -0.1) is 0 Å². The fourth-order valence-corrected chi connectivity index (χ4v) is 5.16. The number of amides is 1. The molecule has 6 heteroatoms. The van der Waals surface area contributed by atoms with Crippen LogP contribution in [0.3, 0.4) is 0 Å². The van der Waals surface area contributed by atoms with Gasteiger partial charge in [0.2, 0.25) is 6.79 Å². The number of fused-ring (bicyclic) bond motifs is 4. The minimum absolute atomic E-state index is 0.0451. The van der Waals surface area contributed by atoms with E-state index in [-0.39, 0.29) is 12.7 Å². The van der Waals surface area contributed by atoms with Gasteiger partial charge in [-0.3, -0.25) is 9.69 Å². The molecular weight excluding hydrogens is 378 g/mol. The Hall–Kier alpha value is -2.73. The molecule has 4 aliphatic rings. The molecule has 0 unspecified atom stereocenters. The molecule has 2 bridgehead atoms. The number of ether oxygens (including phenoxy) is 2. The van der Waals surface area contributed by atoms with Crippen LogP contribution in [0, 0.1) is 11.8 Å². The normalized spacial score (nSPS) is 26.4. The Labute approximate surface area is 177 Å². The molecule has 3 saturated heterocycles. The van der Waals surface area contributed by atoms with E-state index in [1.807, 2.05) is 0 Å². The summed E-state index contributed by atoms with van der Waals surface area (Å²) < 4.78 is 10.7. The van der Waals surface area contributed by atoms with Gasteiger partial charge in [-0.05, 0) is 61.6 Å². The number of hydrogen-bond donors (Lipinski definition) is 1. The van der Waals surface area contributed by atoms with Crippen LogP contribution < -0.4 is 19.7 Å². The van der Waals surface area contributed by atoms with E-state index >= 15 is 0 Å². The zero-order valence-corrected chi connectivity index (χ0v) is 17.4. The highest BCUT2D eigenvalue weighted by molar-refractivity contribution is 5.94. The minimum atomic E-state index is -0.0451. The molecule has 0 radical (unpaired) electrons. The molecule has 158 valence electrons.